The molecule has 2 rings (SSSR count). The van der Waals surface area contributed by atoms with Crippen LogP contribution in [0, 0.1) is 6.92 Å². The van der Waals surface area contributed by atoms with Crippen LogP contribution in [0.3, 0.4) is 0 Å². The van der Waals surface area contributed by atoms with Gasteiger partial charge in [-0.1, -0.05) is 11.6 Å². The molecule has 2 aromatic rings. The minimum Gasteiger partial charge on any atom is -0.378 e. The molecule has 1 N–H and O–H groups in total. The predicted molar refractivity (Wildman–Crippen MR) is 64.5 cm³/mol. The minimum atomic E-state index is 0.517. The minimum absolute atomic E-state index is 0.517. The highest BCUT2D eigenvalue weighted by molar-refractivity contribution is 6.29. The van der Waals surface area contributed by atoms with Gasteiger partial charge in [-0.25, -0.2) is 4.98 Å². The van der Waals surface area contributed by atoms with Gasteiger partial charge in [-0.15, -0.1) is 0 Å². The zero-order valence-electron chi connectivity index (χ0n) is 9.24. The Balaban J connectivity index is 2.08. The molecule has 0 radical (unpaired) electrons. The second-order valence-electron chi connectivity index (χ2n) is 3.62. The summed E-state index contributed by atoms with van der Waals surface area (Å²) in [6.07, 6.45) is 3.53. The number of nitrogens with one attached hydrogen (secondary N) is 1. The summed E-state index contributed by atoms with van der Waals surface area (Å²) in [6.45, 7) is 2.72. The van der Waals surface area contributed by atoms with Crippen molar-refractivity contribution >= 4 is 17.3 Å². The van der Waals surface area contributed by atoms with E-state index in [4.69, 9.17) is 11.6 Å². The Bertz CT molecular complexity index is 492. The smallest absolute Gasteiger partial charge is 0.129 e. The van der Waals surface area contributed by atoms with E-state index in [1.54, 1.807) is 12.4 Å². The third-order valence-electron chi connectivity index (χ3n) is 2.46. The largest absolute Gasteiger partial charge is 0.378 e. The zero-order chi connectivity index (χ0) is 11.5. The highest BCUT2D eigenvalue weighted by Crippen LogP contribution is 2.17. The number of rotatable bonds is 3. The molecule has 0 fully saturated rings. The molecule has 0 amide bonds. The van der Waals surface area contributed by atoms with Crippen molar-refractivity contribution in [3.63, 3.8) is 0 Å². The lowest BCUT2D eigenvalue weighted by Gasteiger charge is -2.09. The van der Waals surface area contributed by atoms with Crippen LogP contribution in [0.25, 0.3) is 0 Å². The number of aromatic nitrogens is 3. The van der Waals surface area contributed by atoms with Crippen LogP contribution in [-0.2, 0) is 13.6 Å². The van der Waals surface area contributed by atoms with Crippen LogP contribution in [0.15, 0.2) is 24.5 Å². The van der Waals surface area contributed by atoms with E-state index in [0.717, 1.165) is 23.5 Å². The van der Waals surface area contributed by atoms with Crippen LogP contribution in [0.5, 0.6) is 0 Å². The summed E-state index contributed by atoms with van der Waals surface area (Å²) in [4.78, 5) is 4.04. The summed E-state index contributed by atoms with van der Waals surface area (Å²) < 4.78 is 1.84. The first-order chi connectivity index (χ1) is 7.66. The van der Waals surface area contributed by atoms with Gasteiger partial charge in [0.1, 0.15) is 5.15 Å². The van der Waals surface area contributed by atoms with Gasteiger partial charge < -0.3 is 5.32 Å². The van der Waals surface area contributed by atoms with Gasteiger partial charge in [-0.2, -0.15) is 5.10 Å². The molecule has 0 aromatic carbocycles. The van der Waals surface area contributed by atoms with Gasteiger partial charge in [0.05, 0.1) is 24.1 Å². The van der Waals surface area contributed by atoms with E-state index < -0.39 is 0 Å². The summed E-state index contributed by atoms with van der Waals surface area (Å²) in [7, 11) is 1.92. The molecule has 16 heavy (non-hydrogen) atoms. The van der Waals surface area contributed by atoms with Gasteiger partial charge in [0.2, 0.25) is 0 Å². The van der Waals surface area contributed by atoms with Gasteiger partial charge in [-0.05, 0) is 24.6 Å². The van der Waals surface area contributed by atoms with Crippen LogP contribution < -0.4 is 5.32 Å². The van der Waals surface area contributed by atoms with Crippen LogP contribution in [0.4, 0.5) is 5.69 Å². The molecule has 0 aliphatic carbocycles. The lowest BCUT2D eigenvalue weighted by molar-refractivity contribution is 0.720. The number of pyridine rings is 1. The highest BCUT2D eigenvalue weighted by atomic mass is 35.5. The maximum absolute atomic E-state index is 5.79. The van der Waals surface area contributed by atoms with Gasteiger partial charge in [0.15, 0.2) is 0 Å². The maximum Gasteiger partial charge on any atom is 0.129 e. The van der Waals surface area contributed by atoms with Crippen molar-refractivity contribution < 1.29 is 0 Å². The fraction of sp³-hybridized carbons (Fsp3) is 0.273. The van der Waals surface area contributed by atoms with E-state index >= 15 is 0 Å². The standard InChI is InChI=1S/C11H13ClN4/c1-8-5-11(12)14-7-10(8)13-6-9-3-4-15-16(9)2/h3-5,7,13H,6H2,1-2H3. The van der Waals surface area contributed by atoms with Crippen LogP contribution in [0.1, 0.15) is 11.3 Å². The summed E-state index contributed by atoms with van der Waals surface area (Å²) in [5.74, 6) is 0. The van der Waals surface area contributed by atoms with Crippen molar-refractivity contribution in [3.05, 3.63) is 40.9 Å². The second-order valence-corrected chi connectivity index (χ2v) is 4.01. The molecule has 2 heterocycles. The lowest BCUT2D eigenvalue weighted by Crippen LogP contribution is -2.06. The molecule has 0 spiro atoms. The topological polar surface area (TPSA) is 42.7 Å². The molecule has 0 aliphatic heterocycles. The van der Waals surface area contributed by atoms with Crippen molar-refractivity contribution in [2.75, 3.05) is 5.32 Å². The Hall–Kier alpha value is -1.55. The fourth-order valence-electron chi connectivity index (χ4n) is 1.47. The van der Waals surface area contributed by atoms with Gasteiger partial charge in [-0.3, -0.25) is 4.68 Å². The molecule has 4 nitrogen and oxygen atoms in total. The van der Waals surface area contributed by atoms with Crippen LogP contribution in [-0.4, -0.2) is 14.8 Å². The molecule has 0 saturated carbocycles. The van der Waals surface area contributed by atoms with Crippen molar-refractivity contribution in [3.8, 4) is 0 Å². The van der Waals surface area contributed by atoms with Crippen molar-refractivity contribution in [1.29, 1.82) is 0 Å². The fourth-order valence-corrected chi connectivity index (χ4v) is 1.68. The number of hydrogen-bond acceptors (Lipinski definition) is 3. The second kappa shape index (κ2) is 4.53. The Morgan fingerprint density at radius 1 is 1.50 bits per heavy atom. The first-order valence-electron chi connectivity index (χ1n) is 4.99. The van der Waals surface area contributed by atoms with E-state index in [2.05, 4.69) is 15.4 Å². The molecule has 0 unspecified atom stereocenters. The first-order valence-corrected chi connectivity index (χ1v) is 5.37. The van der Waals surface area contributed by atoms with Gasteiger partial charge in [0.25, 0.3) is 0 Å². The predicted octanol–water partition coefficient (Wildman–Crippen LogP) is 2.39. The number of aryl methyl sites for hydroxylation is 2. The molecule has 5 heteroatoms. The molecule has 84 valence electrons. The van der Waals surface area contributed by atoms with Gasteiger partial charge in [0, 0.05) is 13.2 Å². The lowest BCUT2D eigenvalue weighted by atomic mass is 10.2. The third-order valence-corrected chi connectivity index (χ3v) is 2.67. The van der Waals surface area contributed by atoms with Crippen LogP contribution >= 0.6 is 11.6 Å². The first kappa shape index (κ1) is 11.0. The molecule has 0 aliphatic rings. The van der Waals surface area contributed by atoms with E-state index in [-0.39, 0.29) is 0 Å². The normalized spacial score (nSPS) is 10.4. The number of nitrogens with zero attached hydrogens (tertiary/aromatic N) is 3. The summed E-state index contributed by atoms with van der Waals surface area (Å²) in [5, 5.41) is 7.92. The van der Waals surface area contributed by atoms with Crippen LogP contribution in [0.2, 0.25) is 5.15 Å². The SMILES string of the molecule is Cc1cc(Cl)ncc1NCc1ccnn1C. The summed E-state index contributed by atoms with van der Waals surface area (Å²) in [5.41, 5.74) is 3.20. The van der Waals surface area contributed by atoms with E-state index in [1.807, 2.05) is 30.8 Å². The highest BCUT2D eigenvalue weighted by Gasteiger charge is 2.02. The summed E-state index contributed by atoms with van der Waals surface area (Å²) in [6, 6.07) is 3.82. The maximum atomic E-state index is 5.79. The Kier molecular flexibility index (Phi) is 3.10. The van der Waals surface area contributed by atoms with Crippen molar-refractivity contribution in [2.45, 2.75) is 13.5 Å². The van der Waals surface area contributed by atoms with Crippen molar-refractivity contribution in [2.24, 2.45) is 7.05 Å². The number of hydrogen-bond donors (Lipinski definition) is 1. The Morgan fingerprint density at radius 3 is 2.94 bits per heavy atom. The number of anilines is 1. The molecule has 0 bridgehead atoms. The Morgan fingerprint density at radius 2 is 2.31 bits per heavy atom. The molecule has 0 atom stereocenters. The van der Waals surface area contributed by atoms with E-state index in [0.29, 0.717) is 5.15 Å². The van der Waals surface area contributed by atoms with E-state index in [9.17, 15) is 0 Å². The third kappa shape index (κ3) is 2.33. The summed E-state index contributed by atoms with van der Waals surface area (Å²) >= 11 is 5.79. The van der Waals surface area contributed by atoms with Crippen molar-refractivity contribution in [1.82, 2.24) is 14.8 Å². The molecule has 0 saturated heterocycles. The quantitative estimate of drug-likeness (QED) is 0.833. The average molecular weight is 237 g/mol. The molecular weight excluding hydrogens is 224 g/mol. The van der Waals surface area contributed by atoms with E-state index in [1.165, 1.54) is 0 Å². The van der Waals surface area contributed by atoms with Gasteiger partial charge >= 0.3 is 0 Å². The zero-order valence-corrected chi connectivity index (χ0v) is 9.99. The molecular formula is C11H13ClN4. The molecule has 2 aromatic heterocycles. The monoisotopic (exact) mass is 236 g/mol. The average Bonchev–Trinajstić information content (AvgIpc) is 2.63. The Labute approximate surface area is 99.3 Å². The number of halogens is 1.